The predicted molar refractivity (Wildman–Crippen MR) is 74.8 cm³/mol. The highest BCUT2D eigenvalue weighted by atomic mass is 16.5. The summed E-state index contributed by atoms with van der Waals surface area (Å²) in [6, 6.07) is 5.75. The maximum absolute atomic E-state index is 12.4. The molecule has 2 rings (SSSR count). The maximum atomic E-state index is 12.4. The third-order valence-electron chi connectivity index (χ3n) is 3.14. The second-order valence-electron chi connectivity index (χ2n) is 5.32. The number of rotatable bonds is 3. The number of benzene rings is 1. The van der Waals surface area contributed by atoms with Crippen molar-refractivity contribution in [1.82, 2.24) is 0 Å². The third-order valence-corrected chi connectivity index (χ3v) is 3.14. The first-order valence-electron chi connectivity index (χ1n) is 6.26. The minimum atomic E-state index is -0.890. The van der Waals surface area contributed by atoms with E-state index in [0.29, 0.717) is 18.7 Å². The Kier molecular flexibility index (Phi) is 3.22. The number of nitrogens with two attached hydrogens (primary N) is 1. The first kappa shape index (κ1) is 13.4. The Bertz CT molecular complexity index is 537. The second kappa shape index (κ2) is 4.57. The Morgan fingerprint density at radius 3 is 2.79 bits per heavy atom. The van der Waals surface area contributed by atoms with Crippen LogP contribution >= 0.6 is 0 Å². The number of ether oxygens (including phenoxy) is 1. The fraction of sp³-hybridized carbons (Fsp3) is 0.429. The van der Waals surface area contributed by atoms with E-state index in [2.05, 4.69) is 0 Å². The van der Waals surface area contributed by atoms with E-state index in [-0.39, 0.29) is 11.7 Å². The molecule has 0 saturated heterocycles. The number of amides is 1. The van der Waals surface area contributed by atoms with E-state index in [4.69, 9.17) is 15.9 Å². The largest absolute Gasteiger partial charge is 0.476 e. The molecule has 1 aromatic carbocycles. The van der Waals surface area contributed by atoms with Gasteiger partial charge in [0.15, 0.2) is 5.60 Å². The number of nitrogens with one attached hydrogen (secondary N) is 1. The molecule has 0 fully saturated rings. The Hall–Kier alpha value is -2.04. The van der Waals surface area contributed by atoms with Gasteiger partial charge in [0.1, 0.15) is 5.75 Å². The van der Waals surface area contributed by atoms with Crippen LogP contribution < -0.4 is 15.4 Å². The lowest BCUT2D eigenvalue weighted by atomic mass is 10.0. The number of carbonyl (C=O) groups is 1. The van der Waals surface area contributed by atoms with Crippen LogP contribution in [0.5, 0.6) is 5.75 Å². The molecule has 0 radical (unpaired) electrons. The lowest BCUT2D eigenvalue weighted by Crippen LogP contribution is -2.53. The van der Waals surface area contributed by atoms with Crippen molar-refractivity contribution in [3.8, 4) is 5.75 Å². The number of aryl methyl sites for hydroxylation is 1. The average molecular weight is 261 g/mol. The average Bonchev–Trinajstić information content (AvgIpc) is 2.30. The zero-order chi connectivity index (χ0) is 14.2. The third kappa shape index (κ3) is 2.54. The van der Waals surface area contributed by atoms with Crippen molar-refractivity contribution >= 4 is 17.4 Å². The Morgan fingerprint density at radius 1 is 1.47 bits per heavy atom. The maximum Gasteiger partial charge on any atom is 0.270 e. The summed E-state index contributed by atoms with van der Waals surface area (Å²) in [6.07, 6.45) is 0.356. The molecule has 5 heteroatoms. The van der Waals surface area contributed by atoms with Gasteiger partial charge in [0.05, 0.1) is 11.5 Å². The van der Waals surface area contributed by atoms with Gasteiger partial charge in [-0.05, 0) is 38.5 Å². The van der Waals surface area contributed by atoms with Crippen molar-refractivity contribution in [1.29, 1.82) is 5.41 Å². The topological polar surface area (TPSA) is 79.4 Å². The fourth-order valence-electron chi connectivity index (χ4n) is 2.13. The quantitative estimate of drug-likeness (QED) is 0.643. The summed E-state index contributed by atoms with van der Waals surface area (Å²) in [5.74, 6) is 0.664. The van der Waals surface area contributed by atoms with Crippen LogP contribution in [0.2, 0.25) is 0 Å². The molecule has 1 heterocycles. The fourth-order valence-corrected chi connectivity index (χ4v) is 2.13. The van der Waals surface area contributed by atoms with Crippen LogP contribution in [-0.4, -0.2) is 23.9 Å². The van der Waals surface area contributed by atoms with Gasteiger partial charge < -0.3 is 15.4 Å². The first-order valence-corrected chi connectivity index (χ1v) is 6.26. The smallest absolute Gasteiger partial charge is 0.270 e. The van der Waals surface area contributed by atoms with Crippen LogP contribution in [0.25, 0.3) is 0 Å². The van der Waals surface area contributed by atoms with Gasteiger partial charge in [0.25, 0.3) is 5.91 Å². The lowest BCUT2D eigenvalue weighted by Gasteiger charge is -2.39. The molecular formula is C14H19N3O2. The zero-order valence-corrected chi connectivity index (χ0v) is 11.5. The number of anilines is 1. The van der Waals surface area contributed by atoms with Crippen LogP contribution in [0.3, 0.4) is 0 Å². The molecule has 0 spiro atoms. The Morgan fingerprint density at radius 2 is 2.16 bits per heavy atom. The normalized spacial score (nSPS) is 16.8. The van der Waals surface area contributed by atoms with Gasteiger partial charge in [-0.3, -0.25) is 10.2 Å². The molecule has 0 aromatic heterocycles. The number of fused-ring (bicyclic) bond motifs is 1. The Labute approximate surface area is 112 Å². The first-order chi connectivity index (χ1) is 8.81. The summed E-state index contributed by atoms with van der Waals surface area (Å²) in [5.41, 5.74) is 6.31. The van der Waals surface area contributed by atoms with Gasteiger partial charge in [0, 0.05) is 13.0 Å². The summed E-state index contributed by atoms with van der Waals surface area (Å²) < 4.78 is 5.75. The number of nitrogens with zero attached hydrogens (tertiary/aromatic N) is 1. The molecule has 0 bridgehead atoms. The van der Waals surface area contributed by atoms with Crippen LogP contribution in [0.1, 0.15) is 25.8 Å². The minimum absolute atomic E-state index is 0.0753. The zero-order valence-electron chi connectivity index (χ0n) is 11.5. The van der Waals surface area contributed by atoms with Gasteiger partial charge >= 0.3 is 0 Å². The minimum Gasteiger partial charge on any atom is -0.476 e. The molecule has 1 aliphatic rings. The molecule has 102 valence electrons. The summed E-state index contributed by atoms with van der Waals surface area (Å²) >= 11 is 0. The van der Waals surface area contributed by atoms with Crippen molar-refractivity contribution in [3.05, 3.63) is 23.8 Å². The molecule has 5 nitrogen and oxygen atoms in total. The van der Waals surface area contributed by atoms with Gasteiger partial charge in [-0.15, -0.1) is 0 Å². The number of hydrogen-bond acceptors (Lipinski definition) is 3. The number of amidine groups is 1. The van der Waals surface area contributed by atoms with Gasteiger partial charge in [-0.25, -0.2) is 0 Å². The van der Waals surface area contributed by atoms with Crippen molar-refractivity contribution in [2.75, 3.05) is 11.4 Å². The summed E-state index contributed by atoms with van der Waals surface area (Å²) in [6.45, 7) is 5.86. The van der Waals surface area contributed by atoms with Crippen LogP contribution in [0.15, 0.2) is 18.2 Å². The van der Waals surface area contributed by atoms with E-state index in [0.717, 1.165) is 11.3 Å². The molecule has 0 saturated carbocycles. The highest BCUT2D eigenvalue weighted by Crippen LogP contribution is 2.38. The second-order valence-corrected chi connectivity index (χ2v) is 5.32. The van der Waals surface area contributed by atoms with E-state index in [1.54, 1.807) is 18.7 Å². The lowest BCUT2D eigenvalue weighted by molar-refractivity contribution is -0.132. The van der Waals surface area contributed by atoms with E-state index in [9.17, 15) is 4.79 Å². The highest BCUT2D eigenvalue weighted by molar-refractivity contribution is 6.02. The molecule has 1 amide bonds. The SMILES string of the molecule is Cc1ccc2c(c1)N(CCC(=N)N)C(=O)C(C)(C)O2. The van der Waals surface area contributed by atoms with Gasteiger partial charge in [0.2, 0.25) is 0 Å². The molecule has 0 aliphatic carbocycles. The van der Waals surface area contributed by atoms with Crippen LogP contribution in [0.4, 0.5) is 5.69 Å². The molecular weight excluding hydrogens is 242 g/mol. The molecule has 19 heavy (non-hydrogen) atoms. The van der Waals surface area contributed by atoms with Crippen LogP contribution in [-0.2, 0) is 4.79 Å². The van der Waals surface area contributed by atoms with Gasteiger partial charge in [-0.2, -0.15) is 0 Å². The van der Waals surface area contributed by atoms with Gasteiger partial charge in [-0.1, -0.05) is 6.07 Å². The number of hydrogen-bond donors (Lipinski definition) is 2. The van der Waals surface area contributed by atoms with Crippen molar-refractivity contribution in [2.45, 2.75) is 32.8 Å². The molecule has 1 aliphatic heterocycles. The Balaban J connectivity index is 2.41. The summed E-state index contributed by atoms with van der Waals surface area (Å²) in [4.78, 5) is 14.1. The summed E-state index contributed by atoms with van der Waals surface area (Å²) in [5, 5.41) is 7.31. The van der Waals surface area contributed by atoms with Crippen molar-refractivity contribution in [2.24, 2.45) is 5.73 Å². The van der Waals surface area contributed by atoms with Crippen LogP contribution in [0, 0.1) is 12.3 Å². The molecule has 1 aromatic rings. The van der Waals surface area contributed by atoms with E-state index >= 15 is 0 Å². The standard InChI is InChI=1S/C14H19N3O2/c1-9-4-5-11-10(8-9)17(7-6-12(15)16)13(18)14(2,3)19-11/h4-5,8H,6-7H2,1-3H3,(H3,15,16). The van der Waals surface area contributed by atoms with E-state index in [1.807, 2.05) is 25.1 Å². The molecule has 0 atom stereocenters. The van der Waals surface area contributed by atoms with Crippen molar-refractivity contribution < 1.29 is 9.53 Å². The number of carbonyl (C=O) groups excluding carboxylic acids is 1. The van der Waals surface area contributed by atoms with Crippen molar-refractivity contribution in [3.63, 3.8) is 0 Å². The summed E-state index contributed by atoms with van der Waals surface area (Å²) in [7, 11) is 0. The monoisotopic (exact) mass is 261 g/mol. The molecule has 3 N–H and O–H groups in total. The van der Waals surface area contributed by atoms with E-state index in [1.165, 1.54) is 0 Å². The molecule has 0 unspecified atom stereocenters. The van der Waals surface area contributed by atoms with E-state index < -0.39 is 5.60 Å². The predicted octanol–water partition coefficient (Wildman–Crippen LogP) is 1.83. The highest BCUT2D eigenvalue weighted by Gasteiger charge is 2.40.